The number of hydrogen-bond acceptors (Lipinski definition) is 3. The average molecular weight is 340 g/mol. The molecule has 0 fully saturated rings. The zero-order valence-electron chi connectivity index (χ0n) is 16.0. The zero-order valence-corrected chi connectivity index (χ0v) is 16.9. The molecule has 0 unspecified atom stereocenters. The van der Waals surface area contributed by atoms with Crippen LogP contribution in [0.4, 0.5) is 0 Å². The van der Waals surface area contributed by atoms with Gasteiger partial charge in [0.15, 0.2) is 0 Å². The largest absolute Gasteiger partial charge is 0.338 e. The normalized spacial score (nSPS) is 16.8. The summed E-state index contributed by atoms with van der Waals surface area (Å²) in [5.41, 5.74) is 0. The van der Waals surface area contributed by atoms with Gasteiger partial charge in [0.25, 0.3) is 0 Å². The average Bonchev–Trinajstić information content (AvgIpc) is 2.23. The predicted octanol–water partition coefficient (Wildman–Crippen LogP) is -2.14. The highest BCUT2D eigenvalue weighted by Crippen LogP contribution is 2.43. The molecule has 134 valence electrons. The van der Waals surface area contributed by atoms with Crippen molar-refractivity contribution in [2.45, 2.75) is 39.1 Å². The second-order valence-electron chi connectivity index (χ2n) is 7.21. The van der Waals surface area contributed by atoms with Crippen LogP contribution >= 0.6 is 8.60 Å². The minimum atomic E-state index is -1.31. The highest BCUT2D eigenvalue weighted by molar-refractivity contribution is 7.41. The van der Waals surface area contributed by atoms with Crippen molar-refractivity contribution in [3.8, 4) is 0 Å². The van der Waals surface area contributed by atoms with Crippen molar-refractivity contribution < 1.29 is 28.3 Å². The number of hydrogen-bond donors (Lipinski definition) is 3. The molecule has 0 bridgehead atoms. The highest BCUT2D eigenvalue weighted by atomic mass is 31.2. The SMILES string of the molecule is C[C@@H](C[NH+](C)C)OP(O[C@@H](C)C[NH+](C)C)O[C@@H](C)C[NH+](C)C. The van der Waals surface area contributed by atoms with Gasteiger partial charge >= 0.3 is 8.60 Å². The molecule has 0 spiro atoms. The zero-order chi connectivity index (χ0) is 17.3. The summed E-state index contributed by atoms with van der Waals surface area (Å²) in [6.45, 7) is 9.06. The van der Waals surface area contributed by atoms with E-state index in [9.17, 15) is 0 Å². The summed E-state index contributed by atoms with van der Waals surface area (Å²) in [4.78, 5) is 4.08. The Labute approximate surface area is 138 Å². The van der Waals surface area contributed by atoms with Gasteiger partial charge in [0.2, 0.25) is 0 Å². The third-order valence-electron chi connectivity index (χ3n) is 2.89. The molecule has 0 aromatic rings. The molecule has 0 aliphatic heterocycles. The van der Waals surface area contributed by atoms with Crippen molar-refractivity contribution in [2.24, 2.45) is 0 Å². The third-order valence-corrected chi connectivity index (χ3v) is 4.48. The molecule has 0 heterocycles. The molecule has 0 aliphatic carbocycles. The van der Waals surface area contributed by atoms with Gasteiger partial charge in [-0.05, 0) is 20.8 Å². The standard InChI is InChI=1S/C15H36N3O3P/c1-13(10-16(4)5)19-22(20-14(2)11-17(6)7)21-15(3)12-18(8)9/h13-15H,10-12H2,1-9H3/p+3/t13-,14-,15-/m0/s1. The Balaban J connectivity index is 4.53. The monoisotopic (exact) mass is 340 g/mol. The van der Waals surface area contributed by atoms with Crippen LogP contribution in [0.3, 0.4) is 0 Å². The Hall–Kier alpha value is 0.190. The van der Waals surface area contributed by atoms with E-state index in [4.69, 9.17) is 13.6 Å². The quantitative estimate of drug-likeness (QED) is 0.355. The Kier molecular flexibility index (Phi) is 11.8. The van der Waals surface area contributed by atoms with E-state index in [-0.39, 0.29) is 18.3 Å². The number of quaternary nitrogens is 3. The Bertz CT molecular complexity index is 238. The number of rotatable bonds is 12. The van der Waals surface area contributed by atoms with Crippen LogP contribution < -0.4 is 14.7 Å². The second-order valence-corrected chi connectivity index (χ2v) is 8.29. The van der Waals surface area contributed by atoms with Gasteiger partial charge in [0, 0.05) is 0 Å². The number of nitrogens with one attached hydrogen (secondary N) is 3. The van der Waals surface area contributed by atoms with Gasteiger partial charge in [-0.2, -0.15) is 0 Å². The van der Waals surface area contributed by atoms with E-state index in [0.717, 1.165) is 19.6 Å². The lowest BCUT2D eigenvalue weighted by Crippen LogP contribution is -3.07. The summed E-state index contributed by atoms with van der Waals surface area (Å²) >= 11 is 0. The van der Waals surface area contributed by atoms with Crippen molar-refractivity contribution in [1.82, 2.24) is 0 Å². The Morgan fingerprint density at radius 2 is 0.818 bits per heavy atom. The van der Waals surface area contributed by atoms with Gasteiger partial charge in [-0.25, -0.2) is 0 Å². The fourth-order valence-corrected chi connectivity index (χ4v) is 3.61. The summed E-state index contributed by atoms with van der Waals surface area (Å²) in [5, 5.41) is 0. The Morgan fingerprint density at radius 3 is 1.00 bits per heavy atom. The van der Waals surface area contributed by atoms with Crippen LogP contribution in [0.25, 0.3) is 0 Å². The van der Waals surface area contributed by atoms with E-state index >= 15 is 0 Å². The van der Waals surface area contributed by atoms with Crippen LogP contribution in [0.5, 0.6) is 0 Å². The van der Waals surface area contributed by atoms with Gasteiger partial charge in [-0.3, -0.25) is 0 Å². The van der Waals surface area contributed by atoms with Crippen LogP contribution in [-0.4, -0.2) is 80.2 Å². The fraction of sp³-hybridized carbons (Fsp3) is 1.00. The maximum absolute atomic E-state index is 6.05. The van der Waals surface area contributed by atoms with E-state index in [1.807, 2.05) is 0 Å². The maximum atomic E-state index is 6.05. The van der Waals surface area contributed by atoms with Crippen molar-refractivity contribution in [2.75, 3.05) is 61.9 Å². The maximum Gasteiger partial charge on any atom is 0.334 e. The first-order chi connectivity index (χ1) is 10.1. The molecule has 3 N–H and O–H groups in total. The smallest absolute Gasteiger partial charge is 0.334 e. The lowest BCUT2D eigenvalue weighted by Gasteiger charge is -2.26. The molecule has 0 aromatic heterocycles. The first kappa shape index (κ1) is 22.2. The van der Waals surface area contributed by atoms with Crippen molar-refractivity contribution in [3.63, 3.8) is 0 Å². The van der Waals surface area contributed by atoms with Crippen LogP contribution in [0, 0.1) is 0 Å². The minimum Gasteiger partial charge on any atom is -0.338 e. The highest BCUT2D eigenvalue weighted by Gasteiger charge is 2.25. The third kappa shape index (κ3) is 12.7. The van der Waals surface area contributed by atoms with E-state index < -0.39 is 8.60 Å². The summed E-state index contributed by atoms with van der Waals surface area (Å²) in [7, 11) is 11.4. The van der Waals surface area contributed by atoms with E-state index in [1.165, 1.54) is 14.7 Å². The number of likely N-dealkylation sites (N-methyl/N-ethyl adjacent to an activating group) is 3. The lowest BCUT2D eigenvalue weighted by molar-refractivity contribution is -0.862. The molecular weight excluding hydrogens is 301 g/mol. The second kappa shape index (κ2) is 11.7. The van der Waals surface area contributed by atoms with E-state index in [1.54, 1.807) is 0 Å². The van der Waals surface area contributed by atoms with Crippen LogP contribution in [0.2, 0.25) is 0 Å². The molecule has 22 heavy (non-hydrogen) atoms. The minimum absolute atomic E-state index is 0.119. The fourth-order valence-electron chi connectivity index (χ4n) is 2.35. The molecule has 0 aliphatic rings. The molecular formula is C15H39N3O3P+3. The van der Waals surface area contributed by atoms with E-state index in [2.05, 4.69) is 63.1 Å². The molecule has 0 amide bonds. The molecule has 0 radical (unpaired) electrons. The van der Waals surface area contributed by atoms with Crippen molar-refractivity contribution in [1.29, 1.82) is 0 Å². The van der Waals surface area contributed by atoms with Gasteiger partial charge in [-0.1, -0.05) is 0 Å². The summed E-state index contributed by atoms with van der Waals surface area (Å²) in [6.07, 6.45) is 0.358. The van der Waals surface area contributed by atoms with Crippen molar-refractivity contribution >= 4 is 8.60 Å². The first-order valence-corrected chi connectivity index (χ1v) is 9.37. The Morgan fingerprint density at radius 1 is 0.591 bits per heavy atom. The molecule has 0 rings (SSSR count). The van der Waals surface area contributed by atoms with Crippen LogP contribution in [0.15, 0.2) is 0 Å². The van der Waals surface area contributed by atoms with Crippen molar-refractivity contribution in [3.05, 3.63) is 0 Å². The molecule has 0 saturated carbocycles. The summed E-state index contributed by atoms with van der Waals surface area (Å²) < 4.78 is 18.1. The molecule has 7 heteroatoms. The van der Waals surface area contributed by atoms with Gasteiger partial charge in [0.05, 0.1) is 42.3 Å². The van der Waals surface area contributed by atoms with Gasteiger partial charge in [0.1, 0.15) is 37.9 Å². The van der Waals surface area contributed by atoms with Gasteiger partial charge < -0.3 is 28.3 Å². The lowest BCUT2D eigenvalue weighted by atomic mass is 10.4. The molecule has 0 aromatic carbocycles. The molecule has 6 nitrogen and oxygen atoms in total. The van der Waals surface area contributed by atoms with Gasteiger partial charge in [-0.15, -0.1) is 0 Å². The topological polar surface area (TPSA) is 41.0 Å². The predicted molar refractivity (Wildman–Crippen MR) is 91.6 cm³/mol. The van der Waals surface area contributed by atoms with E-state index in [0.29, 0.717) is 0 Å². The molecule has 0 saturated heterocycles. The first-order valence-electron chi connectivity index (χ1n) is 8.27. The van der Waals surface area contributed by atoms with Crippen LogP contribution in [-0.2, 0) is 13.6 Å². The summed E-state index contributed by atoms with van der Waals surface area (Å²) in [6, 6.07) is 0. The van der Waals surface area contributed by atoms with Crippen LogP contribution in [0.1, 0.15) is 20.8 Å². The summed E-state index contributed by atoms with van der Waals surface area (Å²) in [5.74, 6) is 0. The molecule has 3 atom stereocenters.